The second-order valence-electron chi connectivity index (χ2n) is 26.8. The maximum absolute atomic E-state index is 7.57. The lowest BCUT2D eigenvalue weighted by molar-refractivity contribution is 0.408. The van der Waals surface area contributed by atoms with Crippen LogP contribution in [-0.2, 0) is 32.5 Å². The lowest BCUT2D eigenvalue weighted by Crippen LogP contribution is -2.15. The molecular formula is C66H84O12P2. The van der Waals surface area contributed by atoms with E-state index in [1.54, 1.807) is 42.7 Å². The summed E-state index contributed by atoms with van der Waals surface area (Å²) in [4.78, 5) is 0. The van der Waals surface area contributed by atoms with Crippen LogP contribution in [0.2, 0.25) is 0 Å². The quantitative estimate of drug-likeness (QED) is 0.122. The van der Waals surface area contributed by atoms with Crippen LogP contribution in [0, 0.1) is 0 Å². The molecule has 2 heterocycles. The fourth-order valence-electron chi connectivity index (χ4n) is 10.0. The van der Waals surface area contributed by atoms with E-state index in [-0.39, 0.29) is 0 Å². The van der Waals surface area contributed by atoms with Crippen molar-refractivity contribution in [2.24, 2.45) is 0 Å². The highest BCUT2D eigenvalue weighted by Gasteiger charge is 2.34. The van der Waals surface area contributed by atoms with Gasteiger partial charge in [0.2, 0.25) is 0 Å². The first-order valence-corrected chi connectivity index (χ1v) is 29.4. The summed E-state index contributed by atoms with van der Waals surface area (Å²) in [6, 6.07) is 24.2. The van der Waals surface area contributed by atoms with Crippen LogP contribution in [0.15, 0.2) is 89.6 Å². The molecule has 14 heteroatoms. The van der Waals surface area contributed by atoms with Gasteiger partial charge in [-0.25, -0.2) is 0 Å². The van der Waals surface area contributed by atoms with Gasteiger partial charge in [0.15, 0.2) is 0 Å². The van der Waals surface area contributed by atoms with Crippen LogP contribution < -0.4 is 37.5 Å². The van der Waals surface area contributed by atoms with E-state index in [9.17, 15) is 0 Å². The van der Waals surface area contributed by atoms with Crippen LogP contribution in [0.3, 0.4) is 0 Å². The van der Waals surface area contributed by atoms with Crippen molar-refractivity contribution in [1.29, 1.82) is 0 Å². The average Bonchev–Trinajstić information content (AvgIpc) is 3.80. The van der Waals surface area contributed by atoms with Crippen molar-refractivity contribution >= 4 is 60.4 Å². The summed E-state index contributed by atoms with van der Waals surface area (Å²) < 4.78 is 80.8. The highest BCUT2D eigenvalue weighted by Crippen LogP contribution is 2.56. The molecule has 2 aromatic heterocycles. The molecule has 0 aliphatic heterocycles. The molecule has 0 atom stereocenters. The molecule has 0 unspecified atom stereocenters. The number of hydrogen-bond acceptors (Lipinski definition) is 12. The SMILES string of the molecule is COc1cc(-c2cc(OC)cc(C(C)(C)C)c2Op2oc3c(C(C)(C)C)cc(OC)cc3c3cc(OC)cc(C(C)(C)C)c3o2)c(Op2oc3c(C(C)(C)C)cc(OC)cc3c3cc(OC)cc(C(C)(C)C)c3o2)c(C(C)(C)C)c1. The Bertz CT molecular complexity index is 3330. The number of benzene rings is 6. The normalized spacial score (nSPS) is 12.8. The minimum atomic E-state index is -2.31. The first kappa shape index (κ1) is 59.6. The van der Waals surface area contributed by atoms with Crippen molar-refractivity contribution in [3.63, 3.8) is 0 Å². The fraction of sp³-hybridized carbons (Fsp3) is 0.455. The van der Waals surface area contributed by atoms with Gasteiger partial charge in [0.05, 0.1) is 42.7 Å². The van der Waals surface area contributed by atoms with E-state index in [1.165, 1.54) is 0 Å². The van der Waals surface area contributed by atoms with Crippen LogP contribution in [0.1, 0.15) is 158 Å². The van der Waals surface area contributed by atoms with Gasteiger partial charge in [0, 0.05) is 66.1 Å². The molecule has 0 amide bonds. The first-order valence-electron chi connectivity index (χ1n) is 27.2. The van der Waals surface area contributed by atoms with Gasteiger partial charge in [0.25, 0.3) is 0 Å². The van der Waals surface area contributed by atoms with Gasteiger partial charge in [-0.3, -0.25) is 0 Å². The van der Waals surface area contributed by atoms with Crippen molar-refractivity contribution in [1.82, 2.24) is 0 Å². The van der Waals surface area contributed by atoms with Gasteiger partial charge >= 0.3 is 16.5 Å². The van der Waals surface area contributed by atoms with Crippen LogP contribution in [0.25, 0.3) is 55.0 Å². The monoisotopic (exact) mass is 1130 g/mol. The molecule has 0 N–H and O–H groups in total. The highest BCUT2D eigenvalue weighted by atomic mass is 31.1. The van der Waals surface area contributed by atoms with E-state index >= 15 is 0 Å². The predicted molar refractivity (Wildman–Crippen MR) is 328 cm³/mol. The maximum Gasteiger partial charge on any atom is 0.453 e. The molecular weight excluding hydrogens is 1050 g/mol. The third kappa shape index (κ3) is 11.8. The Morgan fingerprint density at radius 3 is 0.637 bits per heavy atom. The summed E-state index contributed by atoms with van der Waals surface area (Å²) in [5.74, 6) is 4.93. The summed E-state index contributed by atoms with van der Waals surface area (Å²) in [5.41, 5.74) is 6.39. The molecule has 12 nitrogen and oxygen atoms in total. The van der Waals surface area contributed by atoms with Gasteiger partial charge in [-0.1, -0.05) is 125 Å². The Morgan fingerprint density at radius 2 is 0.450 bits per heavy atom. The third-order valence-electron chi connectivity index (χ3n) is 14.5. The molecule has 0 aliphatic carbocycles. The average molecular weight is 1130 g/mol. The summed E-state index contributed by atoms with van der Waals surface area (Å²) in [6.07, 6.45) is 0. The predicted octanol–water partition coefficient (Wildman–Crippen LogP) is 20.1. The molecule has 0 spiro atoms. The van der Waals surface area contributed by atoms with Crippen LogP contribution in [-0.4, -0.2) is 42.7 Å². The molecule has 0 saturated heterocycles. The Hall–Kier alpha value is -6.48. The molecule has 8 aromatic rings. The van der Waals surface area contributed by atoms with E-state index in [4.69, 9.17) is 54.3 Å². The summed E-state index contributed by atoms with van der Waals surface area (Å²) in [6.45, 7) is 38.8. The van der Waals surface area contributed by atoms with Gasteiger partial charge in [-0.2, -0.15) is 0 Å². The minimum absolute atomic E-state index is 0.404. The van der Waals surface area contributed by atoms with Gasteiger partial charge in [-0.15, -0.1) is 0 Å². The van der Waals surface area contributed by atoms with Crippen LogP contribution in [0.5, 0.6) is 46.0 Å². The van der Waals surface area contributed by atoms with Gasteiger partial charge < -0.3 is 54.3 Å². The Kier molecular flexibility index (Phi) is 16.0. The van der Waals surface area contributed by atoms with Crippen molar-refractivity contribution in [3.8, 4) is 57.1 Å². The number of fused-ring (bicyclic) bond motifs is 6. The molecule has 8 rings (SSSR count). The fourth-order valence-corrected chi connectivity index (χ4v) is 12.3. The smallest absolute Gasteiger partial charge is 0.453 e. The zero-order valence-electron chi connectivity index (χ0n) is 51.7. The number of methoxy groups -OCH3 is 6. The zero-order chi connectivity index (χ0) is 59.0. The largest absolute Gasteiger partial charge is 0.497 e. The van der Waals surface area contributed by atoms with Crippen molar-refractivity contribution in [2.45, 2.75) is 157 Å². The lowest BCUT2D eigenvalue weighted by atomic mass is 9.81. The van der Waals surface area contributed by atoms with Crippen molar-refractivity contribution in [3.05, 3.63) is 106 Å². The van der Waals surface area contributed by atoms with E-state index in [0.29, 0.717) is 79.5 Å². The summed E-state index contributed by atoms with van der Waals surface area (Å²) >= 11 is 0. The Labute approximate surface area is 475 Å². The molecule has 0 radical (unpaired) electrons. The molecule has 0 aliphatic rings. The molecule has 0 saturated carbocycles. The van der Waals surface area contributed by atoms with Gasteiger partial charge in [0.1, 0.15) is 68.3 Å². The lowest BCUT2D eigenvalue weighted by Gasteiger charge is -2.28. The highest BCUT2D eigenvalue weighted by molar-refractivity contribution is 7.32. The Morgan fingerprint density at radius 1 is 0.263 bits per heavy atom. The molecule has 80 heavy (non-hydrogen) atoms. The van der Waals surface area contributed by atoms with Crippen LogP contribution in [0.4, 0.5) is 0 Å². The first-order chi connectivity index (χ1) is 37.1. The third-order valence-corrected chi connectivity index (χ3v) is 16.5. The number of rotatable bonds is 11. The topological polar surface area (TPSA) is 126 Å². The Balaban J connectivity index is 1.56. The molecule has 6 aromatic carbocycles. The van der Waals surface area contributed by atoms with E-state index in [2.05, 4.69) is 125 Å². The second-order valence-corrected chi connectivity index (χ2v) is 28.8. The second kappa shape index (κ2) is 21.4. The van der Waals surface area contributed by atoms with Crippen LogP contribution >= 0.6 is 16.5 Å². The molecule has 0 fully saturated rings. The summed E-state index contributed by atoms with van der Waals surface area (Å²) in [7, 11) is 5.44. The van der Waals surface area contributed by atoms with Crippen molar-refractivity contribution in [2.75, 3.05) is 42.7 Å². The molecule has 430 valence electrons. The minimum Gasteiger partial charge on any atom is -0.497 e. The number of hydrogen-bond donors (Lipinski definition) is 0. The maximum atomic E-state index is 7.57. The van der Waals surface area contributed by atoms with Gasteiger partial charge in [-0.05, 0) is 105 Å². The standard InChI is InChI=1S/C66H84O12P2/c1-61(2,3)49-31-37(67-19)25-43-44-26-38(68-20)32-50(62(4,5)6)56(44)74-79(73-55(43)49)77-59-47(29-41(71-23)35-53(59)65(13,14)15)48-30-42(72-24)36-54(66(16,17)18)60(48)78-80-75-57-45(27-39(69-21)33-51(57)63(7,8)9)46-28-40(70-22)34-52(58(46)76-80)64(10,11)12/h25-36H,1-24H3. The van der Waals surface area contributed by atoms with Crippen molar-refractivity contribution < 1.29 is 54.3 Å². The van der Waals surface area contributed by atoms with E-state index < -0.39 is 49.0 Å². The number of ether oxygens (including phenoxy) is 6. The van der Waals surface area contributed by atoms with E-state index in [1.807, 2.05) is 72.8 Å². The zero-order valence-corrected chi connectivity index (χ0v) is 53.5. The van der Waals surface area contributed by atoms with E-state index in [0.717, 1.165) is 54.9 Å². The molecule has 0 bridgehead atoms. The summed E-state index contributed by atoms with van der Waals surface area (Å²) in [5, 5.41) is 3.17.